The van der Waals surface area contributed by atoms with Crippen molar-refractivity contribution < 1.29 is 14.3 Å². The van der Waals surface area contributed by atoms with E-state index in [9.17, 15) is 4.79 Å². The van der Waals surface area contributed by atoms with E-state index in [2.05, 4.69) is 27.6 Å². The molecule has 152 valence electrons. The van der Waals surface area contributed by atoms with Gasteiger partial charge < -0.3 is 19.3 Å². The van der Waals surface area contributed by atoms with Gasteiger partial charge in [-0.3, -0.25) is 4.79 Å². The number of aryl methyl sites for hydroxylation is 1. The van der Waals surface area contributed by atoms with Crippen molar-refractivity contribution in [1.29, 1.82) is 0 Å². The minimum atomic E-state index is 0.0606. The summed E-state index contributed by atoms with van der Waals surface area (Å²) in [5, 5.41) is 3.97. The molecule has 0 spiro atoms. The predicted molar refractivity (Wildman–Crippen MR) is 109 cm³/mol. The average Bonchev–Trinajstić information content (AvgIpc) is 3.17. The SMILES string of the molecule is COc1ccc(CCN(C)[C@@H]2CCCN(C(=O)c3snnc3C)C2)cc1OC. The number of hydrogen-bond acceptors (Lipinski definition) is 7. The summed E-state index contributed by atoms with van der Waals surface area (Å²) < 4.78 is 14.6. The summed E-state index contributed by atoms with van der Waals surface area (Å²) in [5.74, 6) is 1.56. The molecule has 0 unspecified atom stereocenters. The van der Waals surface area contributed by atoms with E-state index >= 15 is 0 Å². The molecule has 2 aromatic rings. The van der Waals surface area contributed by atoms with E-state index in [4.69, 9.17) is 9.47 Å². The van der Waals surface area contributed by atoms with Crippen molar-refractivity contribution in [2.24, 2.45) is 0 Å². The lowest BCUT2D eigenvalue weighted by atomic mass is 10.0. The van der Waals surface area contributed by atoms with Crippen molar-refractivity contribution in [3.05, 3.63) is 34.3 Å². The van der Waals surface area contributed by atoms with Crippen molar-refractivity contribution in [1.82, 2.24) is 19.4 Å². The molecule has 1 saturated heterocycles. The van der Waals surface area contributed by atoms with Crippen LogP contribution in [-0.2, 0) is 6.42 Å². The second-order valence-electron chi connectivity index (χ2n) is 7.15. The van der Waals surface area contributed by atoms with E-state index in [0.29, 0.717) is 10.9 Å². The molecule has 0 saturated carbocycles. The van der Waals surface area contributed by atoms with Gasteiger partial charge in [0.2, 0.25) is 0 Å². The highest BCUT2D eigenvalue weighted by atomic mass is 32.1. The van der Waals surface area contributed by atoms with Crippen molar-refractivity contribution in [2.45, 2.75) is 32.2 Å². The molecule has 1 aliphatic heterocycles. The highest BCUT2D eigenvalue weighted by molar-refractivity contribution is 7.07. The maximum atomic E-state index is 12.8. The quantitative estimate of drug-likeness (QED) is 0.707. The Morgan fingerprint density at radius 3 is 2.79 bits per heavy atom. The fraction of sp³-hybridized carbons (Fsp3) is 0.550. The lowest BCUT2D eigenvalue weighted by Crippen LogP contribution is -2.49. The molecule has 3 rings (SSSR count). The molecule has 1 aromatic carbocycles. The first-order valence-electron chi connectivity index (χ1n) is 9.52. The first-order chi connectivity index (χ1) is 13.5. The number of aromatic nitrogens is 2. The molecule has 0 bridgehead atoms. The fourth-order valence-corrected chi connectivity index (χ4v) is 4.22. The van der Waals surface area contributed by atoms with E-state index in [1.54, 1.807) is 14.2 Å². The van der Waals surface area contributed by atoms with E-state index in [1.165, 1.54) is 17.1 Å². The summed E-state index contributed by atoms with van der Waals surface area (Å²) >= 11 is 1.19. The number of amides is 1. The largest absolute Gasteiger partial charge is 0.493 e. The molecular formula is C20H28N4O3S. The van der Waals surface area contributed by atoms with Gasteiger partial charge in [-0.1, -0.05) is 10.6 Å². The summed E-state index contributed by atoms with van der Waals surface area (Å²) in [6.07, 6.45) is 3.04. The van der Waals surface area contributed by atoms with Gasteiger partial charge in [-0.15, -0.1) is 5.10 Å². The number of benzene rings is 1. The number of ether oxygens (including phenoxy) is 2. The Hall–Kier alpha value is -2.19. The van der Waals surface area contributed by atoms with Crippen LogP contribution in [0, 0.1) is 6.92 Å². The van der Waals surface area contributed by atoms with Crippen LogP contribution in [0.1, 0.15) is 33.8 Å². The van der Waals surface area contributed by atoms with Crippen molar-refractivity contribution in [2.75, 3.05) is 40.9 Å². The van der Waals surface area contributed by atoms with Crippen LogP contribution < -0.4 is 9.47 Å². The van der Waals surface area contributed by atoms with Crippen LogP contribution in [0.4, 0.5) is 0 Å². The molecule has 2 heterocycles. The van der Waals surface area contributed by atoms with Crippen LogP contribution in [-0.4, -0.2) is 72.2 Å². The Kier molecular flexibility index (Phi) is 6.85. The molecular weight excluding hydrogens is 376 g/mol. The van der Waals surface area contributed by atoms with Crippen molar-refractivity contribution in [3.8, 4) is 11.5 Å². The zero-order valence-electron chi connectivity index (χ0n) is 17.0. The van der Waals surface area contributed by atoms with Gasteiger partial charge in [0, 0.05) is 25.7 Å². The number of methoxy groups -OCH3 is 2. The van der Waals surface area contributed by atoms with Gasteiger partial charge in [0.05, 0.1) is 19.9 Å². The van der Waals surface area contributed by atoms with E-state index in [-0.39, 0.29) is 5.91 Å². The maximum Gasteiger partial charge on any atom is 0.267 e. The molecule has 0 aliphatic carbocycles. The fourth-order valence-electron chi connectivity index (χ4n) is 3.59. The summed E-state index contributed by atoms with van der Waals surface area (Å²) in [6.45, 7) is 4.31. The smallest absolute Gasteiger partial charge is 0.267 e. The van der Waals surface area contributed by atoms with Crippen LogP contribution in [0.2, 0.25) is 0 Å². The Bertz CT molecular complexity index is 810. The van der Waals surface area contributed by atoms with E-state index < -0.39 is 0 Å². The normalized spacial score (nSPS) is 17.0. The van der Waals surface area contributed by atoms with Crippen LogP contribution in [0.5, 0.6) is 11.5 Å². The van der Waals surface area contributed by atoms with Gasteiger partial charge >= 0.3 is 0 Å². The minimum Gasteiger partial charge on any atom is -0.493 e. The lowest BCUT2D eigenvalue weighted by molar-refractivity contribution is 0.0615. The summed E-state index contributed by atoms with van der Waals surface area (Å²) in [4.78, 5) is 17.7. The number of carbonyl (C=O) groups excluding carboxylic acids is 1. The third kappa shape index (κ3) is 4.62. The summed E-state index contributed by atoms with van der Waals surface area (Å²) in [6, 6.07) is 6.41. The number of hydrogen-bond donors (Lipinski definition) is 0. The zero-order chi connectivity index (χ0) is 20.1. The second kappa shape index (κ2) is 9.34. The van der Waals surface area contributed by atoms with Crippen LogP contribution in [0.15, 0.2) is 18.2 Å². The topological polar surface area (TPSA) is 67.8 Å². The molecule has 8 heteroatoms. The van der Waals surface area contributed by atoms with Crippen molar-refractivity contribution in [3.63, 3.8) is 0 Å². The van der Waals surface area contributed by atoms with Crippen LogP contribution >= 0.6 is 11.5 Å². The molecule has 7 nitrogen and oxygen atoms in total. The number of rotatable bonds is 7. The highest BCUT2D eigenvalue weighted by Gasteiger charge is 2.28. The number of likely N-dealkylation sites (tertiary alicyclic amines) is 1. The van der Waals surface area contributed by atoms with Gasteiger partial charge in [-0.2, -0.15) is 0 Å². The third-order valence-corrected chi connectivity index (χ3v) is 6.17. The van der Waals surface area contributed by atoms with E-state index in [0.717, 1.165) is 56.1 Å². The van der Waals surface area contributed by atoms with E-state index in [1.807, 2.05) is 24.0 Å². The zero-order valence-corrected chi connectivity index (χ0v) is 17.8. The number of piperidine rings is 1. The summed E-state index contributed by atoms with van der Waals surface area (Å²) in [7, 11) is 5.44. The number of carbonyl (C=O) groups is 1. The van der Waals surface area contributed by atoms with Gasteiger partial charge in [-0.05, 0) is 62.5 Å². The average molecular weight is 405 g/mol. The molecule has 1 aliphatic rings. The third-order valence-electron chi connectivity index (χ3n) is 5.35. The van der Waals surface area contributed by atoms with Gasteiger partial charge in [0.15, 0.2) is 11.5 Å². The molecule has 0 radical (unpaired) electrons. The molecule has 1 aromatic heterocycles. The van der Waals surface area contributed by atoms with Crippen molar-refractivity contribution >= 4 is 17.4 Å². The molecule has 0 N–H and O–H groups in total. The first-order valence-corrected chi connectivity index (χ1v) is 10.3. The Labute approximate surface area is 170 Å². The minimum absolute atomic E-state index is 0.0606. The Balaban J connectivity index is 1.58. The predicted octanol–water partition coefficient (Wildman–Crippen LogP) is 2.64. The monoisotopic (exact) mass is 404 g/mol. The first kappa shape index (κ1) is 20.5. The Morgan fingerprint density at radius 1 is 1.32 bits per heavy atom. The summed E-state index contributed by atoms with van der Waals surface area (Å²) in [5.41, 5.74) is 1.93. The standard InChI is InChI=1S/C20H28N4O3S/c1-14-19(28-22-21-14)20(25)24-10-5-6-16(13-24)23(2)11-9-15-7-8-17(26-3)18(12-15)27-4/h7-8,12,16H,5-6,9-11,13H2,1-4H3/t16-/m1/s1. The van der Waals surface area contributed by atoms with Gasteiger partial charge in [0.25, 0.3) is 5.91 Å². The molecule has 1 fully saturated rings. The molecule has 1 amide bonds. The van der Waals surface area contributed by atoms with Crippen LogP contribution in [0.25, 0.3) is 0 Å². The number of likely N-dealkylation sites (N-methyl/N-ethyl adjacent to an activating group) is 1. The van der Waals surface area contributed by atoms with Crippen LogP contribution in [0.3, 0.4) is 0 Å². The second-order valence-corrected chi connectivity index (χ2v) is 7.91. The van der Waals surface area contributed by atoms with Gasteiger partial charge in [0.1, 0.15) is 4.88 Å². The lowest BCUT2D eigenvalue weighted by Gasteiger charge is -2.37. The molecule has 1 atom stereocenters. The maximum absolute atomic E-state index is 12.8. The number of nitrogens with zero attached hydrogens (tertiary/aromatic N) is 4. The highest BCUT2D eigenvalue weighted by Crippen LogP contribution is 2.28. The van der Waals surface area contributed by atoms with Gasteiger partial charge in [-0.25, -0.2) is 0 Å². The Morgan fingerprint density at radius 2 is 2.11 bits per heavy atom. The molecule has 28 heavy (non-hydrogen) atoms.